The molecule has 2 aromatic rings. The van der Waals surface area contributed by atoms with Gasteiger partial charge in [0.15, 0.2) is 0 Å². The van der Waals surface area contributed by atoms with Gasteiger partial charge >= 0.3 is 0 Å². The van der Waals surface area contributed by atoms with Crippen LogP contribution in [0.3, 0.4) is 0 Å². The molecule has 0 fully saturated rings. The van der Waals surface area contributed by atoms with Crippen LogP contribution in [0.2, 0.25) is 0 Å². The van der Waals surface area contributed by atoms with Gasteiger partial charge in [-0.05, 0) is 17.7 Å². The number of fused-ring (bicyclic) bond motifs is 2. The van der Waals surface area contributed by atoms with Gasteiger partial charge in [-0.1, -0.05) is 36.4 Å². The Morgan fingerprint density at radius 1 is 0.950 bits per heavy atom. The highest BCUT2D eigenvalue weighted by Crippen LogP contribution is 2.20. The van der Waals surface area contributed by atoms with Gasteiger partial charge in [-0.25, -0.2) is 4.99 Å². The zero-order valence-electron chi connectivity index (χ0n) is 10.7. The number of para-hydroxylation sites is 2. The van der Waals surface area contributed by atoms with Crippen LogP contribution < -0.4 is 15.9 Å². The number of benzene rings is 2. The zero-order chi connectivity index (χ0) is 13.9. The monoisotopic (exact) mass is 264 g/mol. The van der Waals surface area contributed by atoms with Crippen LogP contribution in [-0.4, -0.2) is 11.8 Å². The predicted molar refractivity (Wildman–Crippen MR) is 75.5 cm³/mol. The van der Waals surface area contributed by atoms with Crippen molar-refractivity contribution < 1.29 is 9.59 Å². The fraction of sp³-hybridized carbons (Fsp3) is 0.0625. The van der Waals surface area contributed by atoms with Gasteiger partial charge in [-0.2, -0.15) is 0 Å². The van der Waals surface area contributed by atoms with E-state index in [1.807, 2.05) is 48.5 Å². The van der Waals surface area contributed by atoms with E-state index in [0.717, 1.165) is 21.8 Å². The quantitative estimate of drug-likeness (QED) is 0.765. The molecule has 1 N–H and O–H groups in total. The van der Waals surface area contributed by atoms with Crippen molar-refractivity contribution in [1.82, 2.24) is 0 Å². The summed E-state index contributed by atoms with van der Waals surface area (Å²) in [4.78, 5) is 25.2. The van der Waals surface area contributed by atoms with Gasteiger partial charge in [-0.15, -0.1) is 0 Å². The molecule has 2 aliphatic rings. The summed E-state index contributed by atoms with van der Waals surface area (Å²) in [5.74, 6) is -0.0533. The molecule has 0 atom stereocenters. The Bertz CT molecular complexity index is 745. The minimum atomic E-state index is -0.152. The fourth-order valence-electron chi connectivity index (χ4n) is 2.16. The van der Waals surface area contributed by atoms with E-state index in [1.54, 1.807) is 0 Å². The first-order chi connectivity index (χ1) is 9.72. The van der Waals surface area contributed by atoms with E-state index in [4.69, 9.17) is 0 Å². The maximum absolute atomic E-state index is 10.8. The minimum absolute atomic E-state index is 0.0983. The summed E-state index contributed by atoms with van der Waals surface area (Å²) >= 11 is 0. The second-order valence-corrected chi connectivity index (χ2v) is 4.54. The van der Waals surface area contributed by atoms with Crippen LogP contribution >= 0.6 is 0 Å². The number of carbonyl (C=O) groups excluding carboxylic acids is 2. The fourth-order valence-corrected chi connectivity index (χ4v) is 2.16. The second-order valence-electron chi connectivity index (χ2n) is 4.54. The summed E-state index contributed by atoms with van der Waals surface area (Å²) in [6, 6.07) is 15.2. The average molecular weight is 264 g/mol. The molecule has 0 saturated heterocycles. The number of anilines is 1. The molecule has 0 saturated carbocycles. The predicted octanol–water partition coefficient (Wildman–Crippen LogP) is 0.808. The van der Waals surface area contributed by atoms with Crippen molar-refractivity contribution in [1.29, 1.82) is 0 Å². The average Bonchev–Trinajstić information content (AvgIpc) is 2.99. The third-order valence-electron chi connectivity index (χ3n) is 3.09. The first-order valence-electron chi connectivity index (χ1n) is 6.29. The SMILES string of the molecule is O=C1C=c2ccccc2=N1.O=C1Cc2ccccc2N1. The maximum Gasteiger partial charge on any atom is 0.270 e. The molecule has 4 heteroatoms. The molecule has 20 heavy (non-hydrogen) atoms. The summed E-state index contributed by atoms with van der Waals surface area (Å²) in [6.07, 6.45) is 2.07. The molecule has 2 aliphatic heterocycles. The lowest BCUT2D eigenvalue weighted by molar-refractivity contribution is -0.115. The van der Waals surface area contributed by atoms with E-state index in [9.17, 15) is 9.59 Å². The molecule has 0 bridgehead atoms. The van der Waals surface area contributed by atoms with Crippen molar-refractivity contribution in [2.24, 2.45) is 4.99 Å². The van der Waals surface area contributed by atoms with Gasteiger partial charge in [-0.3, -0.25) is 9.59 Å². The zero-order valence-corrected chi connectivity index (χ0v) is 10.7. The van der Waals surface area contributed by atoms with Crippen molar-refractivity contribution in [2.45, 2.75) is 6.42 Å². The molecule has 2 aromatic carbocycles. The van der Waals surface area contributed by atoms with Crippen LogP contribution in [0.15, 0.2) is 53.5 Å². The van der Waals surface area contributed by atoms with Gasteiger partial charge in [0.05, 0.1) is 11.8 Å². The Hall–Kier alpha value is -2.75. The molecule has 0 aliphatic carbocycles. The Balaban J connectivity index is 0.000000121. The Labute approximate surface area is 115 Å². The minimum Gasteiger partial charge on any atom is -0.326 e. The number of hydrogen-bond donors (Lipinski definition) is 1. The molecular weight excluding hydrogens is 252 g/mol. The Morgan fingerprint density at radius 2 is 1.70 bits per heavy atom. The van der Waals surface area contributed by atoms with Crippen LogP contribution in [0, 0.1) is 0 Å². The number of nitrogens with zero attached hydrogens (tertiary/aromatic N) is 1. The van der Waals surface area contributed by atoms with Gasteiger partial charge in [0.25, 0.3) is 5.91 Å². The van der Waals surface area contributed by atoms with E-state index >= 15 is 0 Å². The van der Waals surface area contributed by atoms with E-state index in [-0.39, 0.29) is 11.8 Å². The molecule has 4 nitrogen and oxygen atoms in total. The van der Waals surface area contributed by atoms with Gasteiger partial charge in [0.1, 0.15) is 0 Å². The second kappa shape index (κ2) is 5.09. The molecule has 0 radical (unpaired) electrons. The highest BCUT2D eigenvalue weighted by molar-refractivity contribution is 6.06. The standard InChI is InChI=1S/C8H7NO.C8H5NO/c2*10-8-5-6-3-1-2-4-7(6)9-8/h1-4H,5H2,(H,9,10);1-5H. The third kappa shape index (κ3) is 2.49. The van der Waals surface area contributed by atoms with Crippen LogP contribution in [0.4, 0.5) is 5.69 Å². The summed E-state index contributed by atoms with van der Waals surface area (Å²) in [6.45, 7) is 0. The lowest BCUT2D eigenvalue weighted by Gasteiger charge is -1.93. The summed E-state index contributed by atoms with van der Waals surface area (Å²) < 4.78 is 0. The third-order valence-corrected chi connectivity index (χ3v) is 3.09. The number of carbonyl (C=O) groups is 2. The number of rotatable bonds is 0. The van der Waals surface area contributed by atoms with Crippen molar-refractivity contribution in [2.75, 3.05) is 5.32 Å². The van der Waals surface area contributed by atoms with Gasteiger partial charge in [0.2, 0.25) is 5.91 Å². The van der Waals surface area contributed by atoms with Crippen molar-refractivity contribution in [3.8, 4) is 0 Å². The maximum atomic E-state index is 10.8. The topological polar surface area (TPSA) is 58.5 Å². The highest BCUT2D eigenvalue weighted by Gasteiger charge is 2.15. The Morgan fingerprint density at radius 3 is 2.50 bits per heavy atom. The first-order valence-corrected chi connectivity index (χ1v) is 6.29. The van der Waals surface area contributed by atoms with Gasteiger partial charge in [0, 0.05) is 17.0 Å². The first kappa shape index (κ1) is 12.3. The summed E-state index contributed by atoms with van der Waals surface area (Å²) in [7, 11) is 0. The number of amides is 2. The van der Waals surface area contributed by atoms with Crippen LogP contribution in [-0.2, 0) is 16.0 Å². The Kier molecular flexibility index (Phi) is 3.13. The smallest absolute Gasteiger partial charge is 0.270 e. The van der Waals surface area contributed by atoms with Crippen molar-refractivity contribution >= 4 is 23.6 Å². The van der Waals surface area contributed by atoms with Gasteiger partial charge < -0.3 is 5.32 Å². The highest BCUT2D eigenvalue weighted by atomic mass is 16.2. The van der Waals surface area contributed by atoms with Crippen molar-refractivity contribution in [3.63, 3.8) is 0 Å². The number of hydrogen-bond acceptors (Lipinski definition) is 2. The lowest BCUT2D eigenvalue weighted by Crippen LogP contribution is -2.19. The molecule has 2 heterocycles. The molecule has 0 unspecified atom stereocenters. The molecule has 4 rings (SSSR count). The summed E-state index contributed by atoms with van der Waals surface area (Å²) in [5.41, 5.74) is 2.07. The molecule has 0 spiro atoms. The van der Waals surface area contributed by atoms with E-state index in [2.05, 4.69) is 10.3 Å². The van der Waals surface area contributed by atoms with E-state index in [0.29, 0.717) is 6.42 Å². The number of nitrogens with one attached hydrogen (secondary N) is 1. The molecule has 98 valence electrons. The lowest BCUT2D eigenvalue weighted by atomic mass is 10.2. The van der Waals surface area contributed by atoms with Crippen LogP contribution in [0.1, 0.15) is 5.56 Å². The molecular formula is C16H12N2O2. The normalized spacial score (nSPS) is 14.2. The van der Waals surface area contributed by atoms with E-state index < -0.39 is 0 Å². The van der Waals surface area contributed by atoms with Crippen molar-refractivity contribution in [3.05, 3.63) is 64.7 Å². The van der Waals surface area contributed by atoms with Crippen LogP contribution in [0.5, 0.6) is 0 Å². The molecule has 2 amide bonds. The largest absolute Gasteiger partial charge is 0.326 e. The van der Waals surface area contributed by atoms with E-state index in [1.165, 1.54) is 6.08 Å². The summed E-state index contributed by atoms with van der Waals surface area (Å²) in [5, 5.41) is 4.47. The molecule has 0 aromatic heterocycles. The van der Waals surface area contributed by atoms with Crippen LogP contribution in [0.25, 0.3) is 6.08 Å².